The van der Waals surface area contributed by atoms with Gasteiger partial charge in [0, 0.05) is 0 Å². The molecule has 0 N–H and O–H groups in total. The van der Waals surface area contributed by atoms with Gasteiger partial charge in [-0.3, -0.25) is 0 Å². The van der Waals surface area contributed by atoms with Crippen LogP contribution in [0.5, 0.6) is 0 Å². The number of hydrogen-bond donors (Lipinski definition) is 0. The Bertz CT molecular complexity index is 33.2. The van der Waals surface area contributed by atoms with Crippen LogP contribution in [0.1, 0.15) is 13.8 Å². The van der Waals surface area contributed by atoms with Gasteiger partial charge in [-0.2, -0.15) is 0 Å². The topological polar surface area (TPSA) is 0 Å². The van der Waals surface area contributed by atoms with Crippen molar-refractivity contribution in [1.82, 2.24) is 0 Å². The van der Waals surface area contributed by atoms with Gasteiger partial charge in [0.2, 0.25) is 0 Å². The molecule has 0 spiro atoms. The van der Waals surface area contributed by atoms with Gasteiger partial charge in [-0.05, 0) is 0 Å². The van der Waals surface area contributed by atoms with Crippen LogP contribution < -0.4 is 0 Å². The summed E-state index contributed by atoms with van der Waals surface area (Å²) in [5.74, 6) is 0. The molecule has 0 saturated heterocycles. The minimum absolute atomic E-state index is 0.684. The summed E-state index contributed by atoms with van der Waals surface area (Å²) in [7, 11) is 0. The summed E-state index contributed by atoms with van der Waals surface area (Å²) in [5, 5.41) is 1.28. The monoisotopic (exact) mass is 164 g/mol. The molecule has 7 heavy (non-hydrogen) atoms. The molecular formula is C6H12Se. The maximum atomic E-state index is 3.88. The van der Waals surface area contributed by atoms with Crippen LogP contribution in [-0.4, -0.2) is 15.0 Å². The van der Waals surface area contributed by atoms with Crippen molar-refractivity contribution >= 4 is 15.0 Å². The third kappa shape index (κ3) is 6.52. The van der Waals surface area contributed by atoms with Gasteiger partial charge in [-0.1, -0.05) is 0 Å². The molecule has 0 heterocycles. The van der Waals surface area contributed by atoms with Gasteiger partial charge in [0.05, 0.1) is 0 Å². The van der Waals surface area contributed by atoms with Crippen molar-refractivity contribution in [1.29, 1.82) is 0 Å². The molecular weight excluding hydrogens is 151 g/mol. The summed E-state index contributed by atoms with van der Waals surface area (Å²) < 4.78 is 0. The Kier molecular flexibility index (Phi) is 5.02. The van der Waals surface area contributed by atoms with E-state index in [0.717, 1.165) is 15.0 Å². The molecule has 0 saturated carbocycles. The molecule has 0 nitrogen and oxygen atoms in total. The van der Waals surface area contributed by atoms with E-state index < -0.39 is 0 Å². The van der Waals surface area contributed by atoms with E-state index in [-0.39, 0.29) is 0 Å². The first-order valence-corrected chi connectivity index (χ1v) is 4.70. The third-order valence-electron chi connectivity index (χ3n) is 0.547. The second kappa shape index (κ2) is 4.67. The van der Waals surface area contributed by atoms with Gasteiger partial charge in [-0.15, -0.1) is 0 Å². The first-order chi connectivity index (χ1) is 3.27. The molecule has 0 aromatic rings. The molecule has 0 aromatic heterocycles. The van der Waals surface area contributed by atoms with Crippen molar-refractivity contribution in [2.24, 2.45) is 0 Å². The van der Waals surface area contributed by atoms with Crippen LogP contribution in [0, 0.1) is 13.3 Å². The van der Waals surface area contributed by atoms with Crippen molar-refractivity contribution in [3.63, 3.8) is 0 Å². The van der Waals surface area contributed by atoms with E-state index >= 15 is 0 Å². The second-order valence-electron chi connectivity index (χ2n) is 1.55. The first kappa shape index (κ1) is 7.52. The summed E-state index contributed by atoms with van der Waals surface area (Å²) in [6, 6.07) is 0. The fraction of sp³-hybridized carbons (Fsp3) is 0.667. The molecule has 0 aromatic carbocycles. The fourth-order valence-electron chi connectivity index (χ4n) is 0.260. The van der Waals surface area contributed by atoms with Gasteiger partial charge in [0.1, 0.15) is 0 Å². The summed E-state index contributed by atoms with van der Waals surface area (Å²) in [5.41, 5.74) is 0. The standard InChI is InChI=1S/C6H12Se/c1-4-5-7-6(2)3/h4,6H,2,5H2,1,3H3. The molecule has 1 heteroatoms. The Morgan fingerprint density at radius 2 is 2.43 bits per heavy atom. The third-order valence-corrected chi connectivity index (χ3v) is 2.84. The molecule has 0 bridgehead atoms. The van der Waals surface area contributed by atoms with Gasteiger partial charge in [-0.25, -0.2) is 0 Å². The van der Waals surface area contributed by atoms with E-state index in [9.17, 15) is 0 Å². The molecule has 0 aliphatic carbocycles. The van der Waals surface area contributed by atoms with E-state index in [1.165, 1.54) is 5.32 Å². The predicted molar refractivity (Wildman–Crippen MR) is 35.3 cm³/mol. The molecule has 42 valence electrons. The van der Waals surface area contributed by atoms with E-state index in [4.69, 9.17) is 0 Å². The van der Waals surface area contributed by atoms with E-state index in [1.807, 2.05) is 0 Å². The van der Waals surface area contributed by atoms with Crippen LogP contribution in [0.15, 0.2) is 0 Å². The molecule has 0 aliphatic rings. The quantitative estimate of drug-likeness (QED) is 0.558. The average Bonchev–Trinajstić information content (AvgIpc) is 1.61. The molecule has 0 rings (SSSR count). The van der Waals surface area contributed by atoms with E-state index in [2.05, 4.69) is 27.2 Å². The molecule has 1 unspecified atom stereocenters. The van der Waals surface area contributed by atoms with Crippen molar-refractivity contribution in [3.05, 3.63) is 13.3 Å². The first-order valence-electron chi connectivity index (χ1n) is 2.50. The number of rotatable bonds is 3. The average molecular weight is 163 g/mol. The Labute approximate surface area is 52.8 Å². The Morgan fingerprint density at radius 3 is 2.57 bits per heavy atom. The fourth-order valence-corrected chi connectivity index (χ4v) is 1.35. The van der Waals surface area contributed by atoms with Crippen molar-refractivity contribution in [2.45, 2.75) is 24.0 Å². The Balaban J connectivity index is 2.68. The zero-order chi connectivity index (χ0) is 5.70. The Morgan fingerprint density at radius 1 is 1.86 bits per heavy atom. The van der Waals surface area contributed by atoms with E-state index in [0.29, 0.717) is 4.82 Å². The maximum absolute atomic E-state index is 3.88. The SMILES string of the molecule is [CH2]C(C)[Se]C[CH]C. The van der Waals surface area contributed by atoms with Gasteiger partial charge in [0.15, 0.2) is 0 Å². The zero-order valence-corrected chi connectivity index (χ0v) is 6.69. The summed E-state index contributed by atoms with van der Waals surface area (Å²) >= 11 is 0.759. The van der Waals surface area contributed by atoms with Crippen LogP contribution in [0.3, 0.4) is 0 Å². The Hall–Kier alpha value is 0.519. The van der Waals surface area contributed by atoms with Crippen molar-refractivity contribution in [3.8, 4) is 0 Å². The summed E-state index contributed by atoms with van der Waals surface area (Å²) in [6.07, 6.45) is 2.21. The normalized spacial score (nSPS) is 10.3. The van der Waals surface area contributed by atoms with Crippen LogP contribution in [-0.2, 0) is 0 Å². The molecule has 2 radical (unpaired) electrons. The van der Waals surface area contributed by atoms with Gasteiger partial charge >= 0.3 is 52.3 Å². The van der Waals surface area contributed by atoms with Gasteiger partial charge in [0.25, 0.3) is 0 Å². The molecule has 0 amide bonds. The van der Waals surface area contributed by atoms with Crippen LogP contribution in [0.4, 0.5) is 0 Å². The molecule has 1 atom stereocenters. The number of hydrogen-bond acceptors (Lipinski definition) is 0. The minimum atomic E-state index is 0.684. The van der Waals surface area contributed by atoms with Crippen molar-refractivity contribution < 1.29 is 0 Å². The molecule has 0 aliphatic heterocycles. The molecule has 0 fully saturated rings. The van der Waals surface area contributed by atoms with Crippen LogP contribution in [0.25, 0.3) is 0 Å². The summed E-state index contributed by atoms with van der Waals surface area (Å²) in [6.45, 7) is 8.16. The van der Waals surface area contributed by atoms with Crippen molar-refractivity contribution in [2.75, 3.05) is 0 Å². The van der Waals surface area contributed by atoms with Crippen LogP contribution in [0.2, 0.25) is 10.1 Å². The predicted octanol–water partition coefficient (Wildman–Crippen LogP) is 1.98. The second-order valence-corrected chi connectivity index (χ2v) is 4.64. The van der Waals surface area contributed by atoms with E-state index in [1.54, 1.807) is 0 Å². The summed E-state index contributed by atoms with van der Waals surface area (Å²) in [4.78, 5) is 0.684. The van der Waals surface area contributed by atoms with Gasteiger partial charge < -0.3 is 0 Å². The van der Waals surface area contributed by atoms with Crippen LogP contribution >= 0.6 is 0 Å². The zero-order valence-electron chi connectivity index (χ0n) is 4.98.